The van der Waals surface area contributed by atoms with Crippen LogP contribution in [0.15, 0.2) is 59.2 Å². The average molecular weight is 388 g/mol. The quantitative estimate of drug-likeness (QED) is 0.548. The summed E-state index contributed by atoms with van der Waals surface area (Å²) < 4.78 is 10.9. The number of amides is 1. The number of hydrogen-bond acceptors (Lipinski definition) is 5. The minimum absolute atomic E-state index is 0.0164. The zero-order chi connectivity index (χ0) is 19.4. The molecular formula is C19H14ClNO6. The molecule has 0 bridgehead atoms. The molecule has 1 heterocycles. The number of hydrogen-bond donors (Lipinski definition) is 3. The van der Waals surface area contributed by atoms with Gasteiger partial charge in [0, 0.05) is 5.02 Å². The largest absolute Gasteiger partial charge is 0.508 e. The van der Waals surface area contributed by atoms with E-state index in [2.05, 4.69) is 5.32 Å². The van der Waals surface area contributed by atoms with Gasteiger partial charge >= 0.3 is 5.97 Å². The van der Waals surface area contributed by atoms with E-state index in [-0.39, 0.29) is 34.9 Å². The number of carboxylic acids is 1. The predicted molar refractivity (Wildman–Crippen MR) is 97.5 cm³/mol. The van der Waals surface area contributed by atoms with E-state index in [0.717, 1.165) is 6.07 Å². The second-order valence-electron chi connectivity index (χ2n) is 5.49. The molecule has 0 atom stereocenters. The number of rotatable bonds is 6. The van der Waals surface area contributed by atoms with Crippen LogP contribution in [0.1, 0.15) is 26.5 Å². The number of phenols is 1. The van der Waals surface area contributed by atoms with E-state index < -0.39 is 11.9 Å². The Balaban J connectivity index is 1.75. The van der Waals surface area contributed by atoms with Gasteiger partial charge in [-0.15, -0.1) is 0 Å². The maximum Gasteiger partial charge on any atom is 0.337 e. The van der Waals surface area contributed by atoms with Crippen molar-refractivity contribution in [1.29, 1.82) is 0 Å². The van der Waals surface area contributed by atoms with Crippen LogP contribution in [-0.2, 0) is 6.61 Å². The number of furan rings is 1. The van der Waals surface area contributed by atoms with Gasteiger partial charge in [-0.05, 0) is 42.5 Å². The Labute approximate surface area is 158 Å². The van der Waals surface area contributed by atoms with Crippen LogP contribution in [0, 0.1) is 0 Å². The lowest BCUT2D eigenvalue weighted by atomic mass is 10.1. The molecule has 0 saturated heterocycles. The third-order valence-corrected chi connectivity index (χ3v) is 3.87. The Morgan fingerprint density at radius 1 is 1.11 bits per heavy atom. The summed E-state index contributed by atoms with van der Waals surface area (Å²) >= 11 is 5.90. The topological polar surface area (TPSA) is 109 Å². The zero-order valence-electron chi connectivity index (χ0n) is 13.8. The molecule has 138 valence electrons. The number of phenolic OH excluding ortho intramolecular Hbond substituents is 1. The number of aromatic hydroxyl groups is 1. The SMILES string of the molecule is O=C(O)c1cc(O)ccc1NC(=O)c1ccoc1COc1cccc(Cl)c1. The van der Waals surface area contributed by atoms with Gasteiger partial charge in [0.15, 0.2) is 5.76 Å². The fourth-order valence-electron chi connectivity index (χ4n) is 2.37. The molecule has 0 aliphatic heterocycles. The number of aromatic carboxylic acids is 1. The van der Waals surface area contributed by atoms with Crippen LogP contribution >= 0.6 is 11.6 Å². The normalized spacial score (nSPS) is 10.4. The standard InChI is InChI=1S/C19H14ClNO6/c20-11-2-1-3-13(8-11)27-10-17-14(6-7-26-17)18(23)21-16-5-4-12(22)9-15(16)19(24)25/h1-9,22H,10H2,(H,21,23)(H,24,25). The molecular weight excluding hydrogens is 374 g/mol. The average Bonchev–Trinajstić information content (AvgIpc) is 3.10. The van der Waals surface area contributed by atoms with Crippen molar-refractivity contribution in [2.24, 2.45) is 0 Å². The molecule has 1 amide bonds. The maximum atomic E-state index is 12.5. The molecule has 27 heavy (non-hydrogen) atoms. The maximum absolute atomic E-state index is 12.5. The number of halogens is 1. The molecule has 3 aromatic rings. The van der Waals surface area contributed by atoms with Crippen LogP contribution in [0.4, 0.5) is 5.69 Å². The minimum Gasteiger partial charge on any atom is -0.508 e. The highest BCUT2D eigenvalue weighted by Gasteiger charge is 2.19. The highest BCUT2D eigenvalue weighted by Crippen LogP contribution is 2.24. The van der Waals surface area contributed by atoms with Gasteiger partial charge in [0.2, 0.25) is 0 Å². The summed E-state index contributed by atoms with van der Waals surface area (Å²) in [4.78, 5) is 23.8. The Hall–Kier alpha value is -3.45. The summed E-state index contributed by atoms with van der Waals surface area (Å²) in [5.74, 6) is -1.29. The van der Waals surface area contributed by atoms with Crippen molar-refractivity contribution in [3.63, 3.8) is 0 Å². The molecule has 0 spiro atoms. The fourth-order valence-corrected chi connectivity index (χ4v) is 2.55. The molecule has 7 nitrogen and oxygen atoms in total. The van der Waals surface area contributed by atoms with Crippen molar-refractivity contribution < 1.29 is 29.0 Å². The molecule has 0 aliphatic rings. The summed E-state index contributed by atoms with van der Waals surface area (Å²) in [6.07, 6.45) is 1.33. The second kappa shape index (κ2) is 7.84. The molecule has 0 radical (unpaired) electrons. The highest BCUT2D eigenvalue weighted by molar-refractivity contribution is 6.30. The lowest BCUT2D eigenvalue weighted by Gasteiger charge is -2.10. The summed E-state index contributed by atoms with van der Waals surface area (Å²) in [6.45, 7) is -0.0164. The number of carbonyl (C=O) groups is 2. The smallest absolute Gasteiger partial charge is 0.337 e. The number of carboxylic acid groups (broad SMARTS) is 1. The van der Waals surface area contributed by atoms with E-state index in [1.807, 2.05) is 0 Å². The monoisotopic (exact) mass is 387 g/mol. The lowest BCUT2D eigenvalue weighted by Crippen LogP contribution is -2.16. The van der Waals surface area contributed by atoms with Crippen molar-refractivity contribution in [3.8, 4) is 11.5 Å². The van der Waals surface area contributed by atoms with E-state index in [4.69, 9.17) is 20.8 Å². The van der Waals surface area contributed by atoms with Crippen molar-refractivity contribution in [1.82, 2.24) is 0 Å². The third kappa shape index (κ3) is 4.39. The van der Waals surface area contributed by atoms with E-state index in [1.54, 1.807) is 24.3 Å². The van der Waals surface area contributed by atoms with Crippen LogP contribution < -0.4 is 10.1 Å². The van der Waals surface area contributed by atoms with E-state index in [0.29, 0.717) is 10.8 Å². The number of anilines is 1. The van der Waals surface area contributed by atoms with Gasteiger partial charge in [0.05, 0.1) is 23.1 Å². The molecule has 8 heteroatoms. The molecule has 0 saturated carbocycles. The van der Waals surface area contributed by atoms with Crippen LogP contribution in [0.25, 0.3) is 0 Å². The second-order valence-corrected chi connectivity index (χ2v) is 5.93. The van der Waals surface area contributed by atoms with E-state index in [9.17, 15) is 19.8 Å². The molecule has 2 aromatic carbocycles. The predicted octanol–water partition coefficient (Wildman–Crippen LogP) is 4.17. The Kier molecular flexibility index (Phi) is 5.33. The first-order chi connectivity index (χ1) is 12.9. The first-order valence-electron chi connectivity index (χ1n) is 7.76. The molecule has 0 aliphatic carbocycles. The zero-order valence-corrected chi connectivity index (χ0v) is 14.6. The van der Waals surface area contributed by atoms with Crippen molar-refractivity contribution in [2.75, 3.05) is 5.32 Å². The third-order valence-electron chi connectivity index (χ3n) is 3.64. The van der Waals surface area contributed by atoms with Gasteiger partial charge in [-0.1, -0.05) is 17.7 Å². The van der Waals surface area contributed by atoms with Crippen LogP contribution in [0.2, 0.25) is 5.02 Å². The van der Waals surface area contributed by atoms with Crippen molar-refractivity contribution in [2.45, 2.75) is 6.61 Å². The van der Waals surface area contributed by atoms with Gasteiger partial charge < -0.3 is 24.7 Å². The number of benzene rings is 2. The summed E-state index contributed by atoms with van der Waals surface area (Å²) in [6, 6.07) is 11.9. The Morgan fingerprint density at radius 2 is 1.93 bits per heavy atom. The fraction of sp³-hybridized carbons (Fsp3) is 0.0526. The van der Waals surface area contributed by atoms with Crippen LogP contribution in [0.5, 0.6) is 11.5 Å². The van der Waals surface area contributed by atoms with Crippen LogP contribution in [0.3, 0.4) is 0 Å². The molecule has 0 fully saturated rings. The highest BCUT2D eigenvalue weighted by atomic mass is 35.5. The van der Waals surface area contributed by atoms with Gasteiger partial charge in [0.25, 0.3) is 5.91 Å². The van der Waals surface area contributed by atoms with Gasteiger partial charge in [-0.2, -0.15) is 0 Å². The first-order valence-corrected chi connectivity index (χ1v) is 8.14. The number of nitrogens with one attached hydrogen (secondary N) is 1. The minimum atomic E-state index is -1.28. The van der Waals surface area contributed by atoms with Gasteiger partial charge in [0.1, 0.15) is 18.1 Å². The van der Waals surface area contributed by atoms with Crippen molar-refractivity contribution in [3.05, 3.63) is 76.7 Å². The van der Waals surface area contributed by atoms with E-state index >= 15 is 0 Å². The summed E-state index contributed by atoms with van der Waals surface area (Å²) in [5, 5.41) is 21.7. The Morgan fingerprint density at radius 3 is 2.67 bits per heavy atom. The van der Waals surface area contributed by atoms with Crippen molar-refractivity contribution >= 4 is 29.2 Å². The van der Waals surface area contributed by atoms with Crippen LogP contribution in [-0.4, -0.2) is 22.1 Å². The molecule has 3 rings (SSSR count). The molecule has 0 unspecified atom stereocenters. The molecule has 1 aromatic heterocycles. The van der Waals surface area contributed by atoms with E-state index in [1.165, 1.54) is 24.5 Å². The number of ether oxygens (including phenoxy) is 1. The lowest BCUT2D eigenvalue weighted by molar-refractivity contribution is 0.0697. The van der Waals surface area contributed by atoms with Gasteiger partial charge in [-0.25, -0.2) is 4.79 Å². The summed E-state index contributed by atoms with van der Waals surface area (Å²) in [5.41, 5.74) is 0.0122. The first kappa shape index (κ1) is 18.3. The Bertz CT molecular complexity index is 997. The number of carbonyl (C=O) groups excluding carboxylic acids is 1. The summed E-state index contributed by atoms with van der Waals surface area (Å²) in [7, 11) is 0. The molecule has 3 N–H and O–H groups in total. The van der Waals surface area contributed by atoms with Gasteiger partial charge in [-0.3, -0.25) is 4.79 Å².